The van der Waals surface area contributed by atoms with Crippen molar-refractivity contribution in [1.29, 1.82) is 0 Å². The highest BCUT2D eigenvalue weighted by Gasteiger charge is 2.26. The van der Waals surface area contributed by atoms with Gasteiger partial charge in [-0.3, -0.25) is 9.48 Å². The van der Waals surface area contributed by atoms with E-state index in [1.807, 2.05) is 23.4 Å². The van der Waals surface area contributed by atoms with Crippen LogP contribution in [0.5, 0.6) is 0 Å². The van der Waals surface area contributed by atoms with Gasteiger partial charge in [0.15, 0.2) is 0 Å². The summed E-state index contributed by atoms with van der Waals surface area (Å²) in [4.78, 5) is 14.2. The standard InChI is InChI=1S/C16H26N4O2.2ClH/c1-12-7-13(2)20(18-12)11-15-10-19(5-6-22-15)16(21)9-17-8-14-3-4-14;;/h7,14-15,17H,3-6,8-11H2,1-2H3;2*1H. The summed E-state index contributed by atoms with van der Waals surface area (Å²) in [6.45, 7) is 8.13. The number of carbonyl (C=O) groups excluding carboxylic acids is 1. The van der Waals surface area contributed by atoms with E-state index >= 15 is 0 Å². The number of nitrogens with zero attached hydrogens (tertiary/aromatic N) is 3. The molecule has 1 atom stereocenters. The number of rotatable bonds is 6. The third kappa shape index (κ3) is 5.92. The molecule has 6 nitrogen and oxygen atoms in total. The molecule has 1 aliphatic heterocycles. The smallest absolute Gasteiger partial charge is 0.236 e. The maximum absolute atomic E-state index is 12.3. The summed E-state index contributed by atoms with van der Waals surface area (Å²) < 4.78 is 7.78. The molecule has 1 unspecified atom stereocenters. The zero-order valence-electron chi connectivity index (χ0n) is 14.4. The fourth-order valence-electron chi connectivity index (χ4n) is 2.93. The van der Waals surface area contributed by atoms with Gasteiger partial charge in [0.2, 0.25) is 5.91 Å². The number of hydrogen-bond acceptors (Lipinski definition) is 4. The quantitative estimate of drug-likeness (QED) is 0.815. The lowest BCUT2D eigenvalue weighted by Gasteiger charge is -2.33. The highest BCUT2D eigenvalue weighted by Crippen LogP contribution is 2.27. The van der Waals surface area contributed by atoms with E-state index in [1.165, 1.54) is 12.8 Å². The molecule has 1 aromatic heterocycles. The summed E-state index contributed by atoms with van der Waals surface area (Å²) in [7, 11) is 0. The van der Waals surface area contributed by atoms with Gasteiger partial charge in [0.1, 0.15) is 0 Å². The Bertz CT molecular complexity index is 534. The van der Waals surface area contributed by atoms with Crippen LogP contribution in [0.25, 0.3) is 0 Å². The molecular weight excluding hydrogens is 351 g/mol. The molecular formula is C16H28Cl2N4O2. The fraction of sp³-hybridized carbons (Fsp3) is 0.750. The van der Waals surface area contributed by atoms with Gasteiger partial charge in [0.25, 0.3) is 0 Å². The number of hydrogen-bond donors (Lipinski definition) is 1. The topological polar surface area (TPSA) is 59.4 Å². The van der Waals surface area contributed by atoms with Crippen LogP contribution < -0.4 is 5.32 Å². The molecule has 1 aliphatic carbocycles. The molecule has 0 radical (unpaired) electrons. The summed E-state index contributed by atoms with van der Waals surface area (Å²) in [6.07, 6.45) is 2.64. The van der Waals surface area contributed by atoms with Crippen LogP contribution in [-0.2, 0) is 16.1 Å². The largest absolute Gasteiger partial charge is 0.373 e. The molecule has 1 saturated carbocycles. The van der Waals surface area contributed by atoms with Crippen molar-refractivity contribution >= 4 is 30.7 Å². The Labute approximate surface area is 156 Å². The molecule has 1 saturated heterocycles. The maximum Gasteiger partial charge on any atom is 0.236 e. The van der Waals surface area contributed by atoms with Gasteiger partial charge in [-0.2, -0.15) is 5.10 Å². The van der Waals surface area contributed by atoms with E-state index in [4.69, 9.17) is 4.74 Å². The number of aromatic nitrogens is 2. The van der Waals surface area contributed by atoms with Crippen LogP contribution >= 0.6 is 24.8 Å². The number of ether oxygens (including phenoxy) is 1. The number of nitrogens with one attached hydrogen (secondary N) is 1. The monoisotopic (exact) mass is 378 g/mol. The molecule has 0 spiro atoms. The SMILES string of the molecule is Cc1cc(C)n(CC2CN(C(=O)CNCC3CC3)CCO2)n1.Cl.Cl. The fourth-order valence-corrected chi connectivity index (χ4v) is 2.93. The predicted molar refractivity (Wildman–Crippen MR) is 98.1 cm³/mol. The second-order valence-electron chi connectivity index (χ2n) is 6.52. The van der Waals surface area contributed by atoms with E-state index in [1.54, 1.807) is 0 Å². The van der Waals surface area contributed by atoms with Gasteiger partial charge in [-0.15, -0.1) is 24.8 Å². The molecule has 24 heavy (non-hydrogen) atoms. The Morgan fingerprint density at radius 2 is 2.12 bits per heavy atom. The van der Waals surface area contributed by atoms with Crippen LogP contribution in [0.4, 0.5) is 0 Å². The average molecular weight is 379 g/mol. The van der Waals surface area contributed by atoms with Crippen molar-refractivity contribution in [3.63, 3.8) is 0 Å². The van der Waals surface area contributed by atoms with E-state index < -0.39 is 0 Å². The van der Waals surface area contributed by atoms with Gasteiger partial charge in [-0.25, -0.2) is 0 Å². The minimum Gasteiger partial charge on any atom is -0.373 e. The van der Waals surface area contributed by atoms with E-state index in [2.05, 4.69) is 16.5 Å². The molecule has 1 amide bonds. The second-order valence-corrected chi connectivity index (χ2v) is 6.52. The molecule has 2 fully saturated rings. The molecule has 2 heterocycles. The molecule has 138 valence electrons. The lowest BCUT2D eigenvalue weighted by molar-refractivity contribution is -0.138. The zero-order valence-corrected chi connectivity index (χ0v) is 16.0. The van der Waals surface area contributed by atoms with Crippen molar-refractivity contribution in [2.45, 2.75) is 39.3 Å². The Balaban J connectivity index is 0.00000144. The van der Waals surface area contributed by atoms with Crippen molar-refractivity contribution in [2.75, 3.05) is 32.8 Å². The Kier molecular flexibility index (Phi) is 8.50. The van der Waals surface area contributed by atoms with Gasteiger partial charge < -0.3 is 15.0 Å². The molecule has 8 heteroatoms. The van der Waals surface area contributed by atoms with Crippen LogP contribution in [0.3, 0.4) is 0 Å². The van der Waals surface area contributed by atoms with E-state index in [0.717, 1.165) is 23.9 Å². The summed E-state index contributed by atoms with van der Waals surface area (Å²) in [5, 5.41) is 7.74. The molecule has 3 rings (SSSR count). The Hall–Kier alpha value is -0.820. The first-order valence-corrected chi connectivity index (χ1v) is 8.23. The third-order valence-corrected chi connectivity index (χ3v) is 4.38. The maximum atomic E-state index is 12.3. The first-order chi connectivity index (χ1) is 10.6. The van der Waals surface area contributed by atoms with Crippen molar-refractivity contribution < 1.29 is 9.53 Å². The Morgan fingerprint density at radius 1 is 1.38 bits per heavy atom. The number of carbonyl (C=O) groups is 1. The van der Waals surface area contributed by atoms with Crippen LogP contribution in [0.2, 0.25) is 0 Å². The minimum absolute atomic E-state index is 0. The molecule has 0 bridgehead atoms. The van der Waals surface area contributed by atoms with Gasteiger partial charge in [0, 0.05) is 18.8 Å². The summed E-state index contributed by atoms with van der Waals surface area (Å²) in [6, 6.07) is 2.06. The van der Waals surface area contributed by atoms with E-state index in [0.29, 0.717) is 32.8 Å². The van der Waals surface area contributed by atoms with Gasteiger partial charge >= 0.3 is 0 Å². The van der Waals surface area contributed by atoms with Crippen LogP contribution in [0, 0.1) is 19.8 Å². The van der Waals surface area contributed by atoms with Crippen LogP contribution in [0.15, 0.2) is 6.07 Å². The first-order valence-electron chi connectivity index (χ1n) is 8.23. The molecule has 1 aromatic rings. The van der Waals surface area contributed by atoms with Crippen molar-refractivity contribution in [3.05, 3.63) is 17.5 Å². The van der Waals surface area contributed by atoms with Gasteiger partial charge in [-0.1, -0.05) is 0 Å². The molecule has 0 aromatic carbocycles. The normalized spacial score (nSPS) is 20.2. The third-order valence-electron chi connectivity index (χ3n) is 4.38. The highest BCUT2D eigenvalue weighted by molar-refractivity contribution is 5.85. The summed E-state index contributed by atoms with van der Waals surface area (Å²) >= 11 is 0. The van der Waals surface area contributed by atoms with E-state index in [9.17, 15) is 4.79 Å². The molecule has 1 N–H and O–H groups in total. The first kappa shape index (κ1) is 21.2. The summed E-state index contributed by atoms with van der Waals surface area (Å²) in [5.74, 6) is 0.985. The minimum atomic E-state index is 0. The average Bonchev–Trinajstić information content (AvgIpc) is 3.25. The number of aryl methyl sites for hydroxylation is 2. The predicted octanol–water partition coefficient (Wildman–Crippen LogP) is 1.57. The van der Waals surface area contributed by atoms with Gasteiger partial charge in [-0.05, 0) is 45.2 Å². The zero-order chi connectivity index (χ0) is 15.5. The second kappa shape index (κ2) is 9.61. The van der Waals surface area contributed by atoms with E-state index in [-0.39, 0.29) is 36.8 Å². The van der Waals surface area contributed by atoms with Crippen LogP contribution in [-0.4, -0.2) is 59.5 Å². The number of amides is 1. The van der Waals surface area contributed by atoms with Crippen LogP contribution in [0.1, 0.15) is 24.2 Å². The van der Waals surface area contributed by atoms with Crippen molar-refractivity contribution in [2.24, 2.45) is 5.92 Å². The van der Waals surface area contributed by atoms with Crippen molar-refractivity contribution in [1.82, 2.24) is 20.0 Å². The molecule has 2 aliphatic rings. The summed E-state index contributed by atoms with van der Waals surface area (Å²) in [5.41, 5.74) is 2.15. The number of halogens is 2. The highest BCUT2D eigenvalue weighted by atomic mass is 35.5. The lowest BCUT2D eigenvalue weighted by Crippen LogP contribution is -2.49. The van der Waals surface area contributed by atoms with Gasteiger partial charge in [0.05, 0.1) is 31.5 Å². The van der Waals surface area contributed by atoms with Crippen molar-refractivity contribution in [3.8, 4) is 0 Å². The lowest BCUT2D eigenvalue weighted by atomic mass is 10.2. The Morgan fingerprint density at radius 3 is 2.75 bits per heavy atom. The number of morpholine rings is 1.